The van der Waals surface area contributed by atoms with Gasteiger partial charge in [-0.2, -0.15) is 0 Å². The maximum absolute atomic E-state index is 12.3. The van der Waals surface area contributed by atoms with Crippen molar-refractivity contribution in [2.24, 2.45) is 0 Å². The Balaban J connectivity index is 1.61. The number of piperidine rings is 1. The summed E-state index contributed by atoms with van der Waals surface area (Å²) in [5.74, 6) is -0.308. The van der Waals surface area contributed by atoms with E-state index in [4.69, 9.17) is 16.0 Å². The molecule has 124 valence electrons. The molecule has 0 bridgehead atoms. The van der Waals surface area contributed by atoms with E-state index >= 15 is 0 Å². The monoisotopic (exact) mass is 343 g/mol. The lowest BCUT2D eigenvalue weighted by molar-refractivity contribution is 0.166. The van der Waals surface area contributed by atoms with Crippen LogP contribution in [0.5, 0.6) is 0 Å². The molecule has 0 aliphatic carbocycles. The summed E-state index contributed by atoms with van der Waals surface area (Å²) in [6.45, 7) is 2.61. The van der Waals surface area contributed by atoms with E-state index in [1.807, 2.05) is 24.4 Å². The Hall–Kier alpha value is -2.11. The quantitative estimate of drug-likeness (QED) is 0.730. The molecule has 1 unspecified atom stereocenters. The summed E-state index contributed by atoms with van der Waals surface area (Å²) in [6.07, 6.45) is 3.81. The van der Waals surface area contributed by atoms with E-state index in [9.17, 15) is 4.79 Å². The first kappa shape index (κ1) is 15.4. The molecule has 3 aromatic rings. The SMILES string of the molecule is O=c1oc2ccc(Cl)cc2n1C1CCCN(Cc2ccccn2)C1. The molecule has 0 N–H and O–H groups in total. The Morgan fingerprint density at radius 2 is 2.21 bits per heavy atom. The van der Waals surface area contributed by atoms with Crippen LogP contribution in [0.4, 0.5) is 0 Å². The van der Waals surface area contributed by atoms with Gasteiger partial charge in [-0.05, 0) is 49.7 Å². The zero-order valence-electron chi connectivity index (χ0n) is 13.2. The highest BCUT2D eigenvalue weighted by Crippen LogP contribution is 2.27. The minimum atomic E-state index is -0.308. The van der Waals surface area contributed by atoms with Crippen molar-refractivity contribution in [1.29, 1.82) is 0 Å². The second-order valence-electron chi connectivity index (χ2n) is 6.20. The van der Waals surface area contributed by atoms with Crippen LogP contribution in [-0.4, -0.2) is 27.5 Å². The third kappa shape index (κ3) is 2.97. The number of nitrogens with zero attached hydrogens (tertiary/aromatic N) is 3. The van der Waals surface area contributed by atoms with Gasteiger partial charge < -0.3 is 4.42 Å². The van der Waals surface area contributed by atoms with Gasteiger partial charge in [0.1, 0.15) is 0 Å². The first-order chi connectivity index (χ1) is 11.7. The average Bonchev–Trinajstić information content (AvgIpc) is 2.91. The van der Waals surface area contributed by atoms with Gasteiger partial charge in [0.15, 0.2) is 5.58 Å². The van der Waals surface area contributed by atoms with Gasteiger partial charge in [-0.15, -0.1) is 0 Å². The Kier molecular flexibility index (Phi) is 4.12. The van der Waals surface area contributed by atoms with E-state index in [0.29, 0.717) is 10.6 Å². The van der Waals surface area contributed by atoms with E-state index in [-0.39, 0.29) is 11.8 Å². The third-order valence-corrected chi connectivity index (χ3v) is 4.77. The van der Waals surface area contributed by atoms with Crippen LogP contribution in [0.3, 0.4) is 0 Å². The minimum Gasteiger partial charge on any atom is -0.408 e. The fraction of sp³-hybridized carbons (Fsp3) is 0.333. The van der Waals surface area contributed by atoms with Crippen molar-refractivity contribution in [2.45, 2.75) is 25.4 Å². The lowest BCUT2D eigenvalue weighted by Crippen LogP contribution is -2.38. The molecule has 0 saturated carbocycles. The van der Waals surface area contributed by atoms with Crippen molar-refractivity contribution < 1.29 is 4.42 Å². The molecule has 2 aromatic heterocycles. The van der Waals surface area contributed by atoms with E-state index in [2.05, 4.69) is 9.88 Å². The first-order valence-corrected chi connectivity index (χ1v) is 8.51. The van der Waals surface area contributed by atoms with E-state index in [0.717, 1.165) is 43.7 Å². The van der Waals surface area contributed by atoms with Gasteiger partial charge in [0.05, 0.1) is 17.3 Å². The molecular weight excluding hydrogens is 326 g/mol. The maximum Gasteiger partial charge on any atom is 0.420 e. The molecule has 4 rings (SSSR count). The molecule has 24 heavy (non-hydrogen) atoms. The molecule has 3 heterocycles. The summed E-state index contributed by atoms with van der Waals surface area (Å²) in [5, 5.41) is 0.609. The maximum atomic E-state index is 12.3. The molecule has 1 aliphatic heterocycles. The largest absolute Gasteiger partial charge is 0.420 e. The van der Waals surface area contributed by atoms with Gasteiger partial charge in [-0.3, -0.25) is 14.5 Å². The van der Waals surface area contributed by atoms with Gasteiger partial charge >= 0.3 is 5.76 Å². The van der Waals surface area contributed by atoms with Gasteiger partial charge in [-0.25, -0.2) is 4.79 Å². The molecule has 1 fully saturated rings. The summed E-state index contributed by atoms with van der Waals surface area (Å²) < 4.78 is 7.13. The van der Waals surface area contributed by atoms with Gasteiger partial charge in [0, 0.05) is 24.3 Å². The molecule has 0 amide bonds. The zero-order valence-corrected chi connectivity index (χ0v) is 13.9. The van der Waals surface area contributed by atoms with Crippen molar-refractivity contribution >= 4 is 22.7 Å². The summed E-state index contributed by atoms with van der Waals surface area (Å²) in [6, 6.07) is 11.3. The third-order valence-electron chi connectivity index (χ3n) is 4.53. The predicted molar refractivity (Wildman–Crippen MR) is 93.3 cm³/mol. The number of oxazole rings is 1. The number of benzene rings is 1. The molecule has 0 spiro atoms. The molecule has 1 aliphatic rings. The van der Waals surface area contributed by atoms with Crippen LogP contribution in [0.2, 0.25) is 5.02 Å². The van der Waals surface area contributed by atoms with Crippen molar-refractivity contribution in [2.75, 3.05) is 13.1 Å². The van der Waals surface area contributed by atoms with Crippen molar-refractivity contribution in [3.63, 3.8) is 0 Å². The second-order valence-corrected chi connectivity index (χ2v) is 6.64. The number of halogens is 1. The van der Waals surface area contributed by atoms with E-state index in [1.54, 1.807) is 22.8 Å². The van der Waals surface area contributed by atoms with E-state index in [1.165, 1.54) is 0 Å². The molecule has 5 nitrogen and oxygen atoms in total. The standard InChI is InChI=1S/C18H18ClN3O2/c19-13-6-7-17-16(10-13)22(18(23)24-17)15-5-3-9-21(12-15)11-14-4-1-2-8-20-14/h1-2,4,6-8,10,15H,3,5,9,11-12H2. The number of hydrogen-bond acceptors (Lipinski definition) is 4. The topological polar surface area (TPSA) is 51.3 Å². The van der Waals surface area contributed by atoms with Crippen LogP contribution >= 0.6 is 11.6 Å². The van der Waals surface area contributed by atoms with Gasteiger partial charge in [-0.1, -0.05) is 17.7 Å². The van der Waals surface area contributed by atoms with Crippen LogP contribution in [0.1, 0.15) is 24.6 Å². The normalized spacial score (nSPS) is 19.0. The molecule has 6 heteroatoms. The highest BCUT2D eigenvalue weighted by molar-refractivity contribution is 6.31. The number of hydrogen-bond donors (Lipinski definition) is 0. The Bertz CT molecular complexity index is 904. The van der Waals surface area contributed by atoms with Crippen LogP contribution in [0.25, 0.3) is 11.1 Å². The molecule has 0 radical (unpaired) electrons. The lowest BCUT2D eigenvalue weighted by Gasteiger charge is -2.32. The number of pyridine rings is 1. The first-order valence-electron chi connectivity index (χ1n) is 8.13. The van der Waals surface area contributed by atoms with Gasteiger partial charge in [0.2, 0.25) is 0 Å². The Labute approximate surface area is 144 Å². The zero-order chi connectivity index (χ0) is 16.5. The average molecular weight is 344 g/mol. The summed E-state index contributed by atoms with van der Waals surface area (Å²) in [4.78, 5) is 19.1. The van der Waals surface area contributed by atoms with Crippen molar-refractivity contribution in [3.8, 4) is 0 Å². The summed E-state index contributed by atoms with van der Waals surface area (Å²) >= 11 is 6.10. The highest BCUT2D eigenvalue weighted by atomic mass is 35.5. The smallest absolute Gasteiger partial charge is 0.408 e. The van der Waals surface area contributed by atoms with Crippen molar-refractivity contribution in [1.82, 2.24) is 14.5 Å². The number of rotatable bonds is 3. The minimum absolute atomic E-state index is 0.0923. The molecule has 1 aromatic carbocycles. The van der Waals surface area contributed by atoms with Crippen LogP contribution in [0, 0.1) is 0 Å². The predicted octanol–water partition coefficient (Wildman–Crippen LogP) is 3.48. The Morgan fingerprint density at radius 3 is 3.04 bits per heavy atom. The second kappa shape index (κ2) is 6.42. The van der Waals surface area contributed by atoms with Crippen molar-refractivity contribution in [3.05, 3.63) is 63.9 Å². The van der Waals surface area contributed by atoms with Crippen LogP contribution in [0.15, 0.2) is 51.8 Å². The molecule has 1 atom stereocenters. The van der Waals surface area contributed by atoms with Crippen LogP contribution < -0.4 is 5.76 Å². The summed E-state index contributed by atoms with van der Waals surface area (Å²) in [7, 11) is 0. The van der Waals surface area contributed by atoms with E-state index < -0.39 is 0 Å². The molecular formula is C18H18ClN3O2. The van der Waals surface area contributed by atoms with Crippen LogP contribution in [-0.2, 0) is 6.54 Å². The lowest BCUT2D eigenvalue weighted by atomic mass is 10.0. The fourth-order valence-corrected chi connectivity index (χ4v) is 3.63. The number of fused-ring (bicyclic) bond motifs is 1. The fourth-order valence-electron chi connectivity index (χ4n) is 3.46. The highest BCUT2D eigenvalue weighted by Gasteiger charge is 2.25. The van der Waals surface area contributed by atoms with Gasteiger partial charge in [0.25, 0.3) is 0 Å². The molecule has 1 saturated heterocycles. The summed E-state index contributed by atoms with van der Waals surface area (Å²) in [5.41, 5.74) is 2.41. The number of likely N-dealkylation sites (tertiary alicyclic amines) is 1. The Morgan fingerprint density at radius 1 is 1.29 bits per heavy atom. The number of aromatic nitrogens is 2.